The fraction of sp³-hybridized carbons (Fsp3) is 0.875. The number of hydrogen-bond acceptors (Lipinski definition) is 2. The summed E-state index contributed by atoms with van der Waals surface area (Å²) in [6.45, 7) is 0. The maximum absolute atomic E-state index is 12.2. The van der Waals surface area contributed by atoms with Gasteiger partial charge in [-0.2, -0.15) is 24.9 Å². The smallest absolute Gasteiger partial charge is 0.402 e. The Balaban J connectivity index is 2.55. The molecule has 0 bridgehead atoms. The molecule has 14 heavy (non-hydrogen) atoms. The fourth-order valence-electron chi connectivity index (χ4n) is 1.47. The lowest BCUT2D eigenvalue weighted by atomic mass is 10.0. The third-order valence-corrected chi connectivity index (χ3v) is 3.64. The average molecular weight is 228 g/mol. The predicted molar refractivity (Wildman–Crippen MR) is 47.3 cm³/mol. The maximum atomic E-state index is 12.2. The second-order valence-electron chi connectivity index (χ2n) is 3.30. The molecule has 0 unspecified atom stereocenters. The van der Waals surface area contributed by atoms with Crippen molar-refractivity contribution < 1.29 is 23.1 Å². The Morgan fingerprint density at radius 2 is 2.21 bits per heavy atom. The van der Waals surface area contributed by atoms with Crippen molar-refractivity contribution >= 4 is 17.7 Å². The lowest BCUT2D eigenvalue weighted by molar-refractivity contribution is -0.194. The second kappa shape index (κ2) is 4.42. The van der Waals surface area contributed by atoms with Crippen LogP contribution in [-0.4, -0.2) is 28.3 Å². The first kappa shape index (κ1) is 11.7. The van der Waals surface area contributed by atoms with Crippen molar-refractivity contribution in [2.45, 2.75) is 30.7 Å². The number of hydrogen-bond donors (Lipinski definition) is 1. The van der Waals surface area contributed by atoms with Crippen molar-refractivity contribution in [3.63, 3.8) is 0 Å². The van der Waals surface area contributed by atoms with Crippen molar-refractivity contribution in [3.8, 4) is 0 Å². The molecule has 1 heterocycles. The van der Waals surface area contributed by atoms with Gasteiger partial charge < -0.3 is 5.11 Å². The normalized spacial score (nSPS) is 24.9. The van der Waals surface area contributed by atoms with Crippen LogP contribution in [0.25, 0.3) is 0 Å². The zero-order chi connectivity index (χ0) is 10.8. The molecule has 0 spiro atoms. The van der Waals surface area contributed by atoms with E-state index in [1.54, 1.807) is 0 Å². The molecule has 0 aromatic carbocycles. The second-order valence-corrected chi connectivity index (χ2v) is 4.71. The highest BCUT2D eigenvalue weighted by molar-refractivity contribution is 8.00. The Hall–Kier alpha value is -0.390. The van der Waals surface area contributed by atoms with Gasteiger partial charge in [0, 0.05) is 5.25 Å². The van der Waals surface area contributed by atoms with E-state index in [2.05, 4.69) is 0 Å². The van der Waals surface area contributed by atoms with Crippen LogP contribution in [0.2, 0.25) is 0 Å². The fourth-order valence-corrected chi connectivity index (χ4v) is 2.80. The average Bonchev–Trinajstić information content (AvgIpc) is 2.48. The standard InChI is InChI=1S/C8H11F3O2S/c9-8(10,11)6(7(12)13)4-5-2-1-3-14-5/h5-6H,1-4H2,(H,12,13)/t5-,6+/m0/s1. The van der Waals surface area contributed by atoms with Crippen LogP contribution in [-0.2, 0) is 4.79 Å². The largest absolute Gasteiger partial charge is 0.481 e. The van der Waals surface area contributed by atoms with Crippen LogP contribution in [0.4, 0.5) is 13.2 Å². The molecule has 1 fully saturated rings. The van der Waals surface area contributed by atoms with Gasteiger partial charge in [-0.25, -0.2) is 0 Å². The van der Waals surface area contributed by atoms with Crippen LogP contribution < -0.4 is 0 Å². The van der Waals surface area contributed by atoms with Crippen molar-refractivity contribution in [3.05, 3.63) is 0 Å². The van der Waals surface area contributed by atoms with Gasteiger partial charge in [0.15, 0.2) is 5.92 Å². The summed E-state index contributed by atoms with van der Waals surface area (Å²) >= 11 is 1.44. The summed E-state index contributed by atoms with van der Waals surface area (Å²) in [5.41, 5.74) is 0. The predicted octanol–water partition coefficient (Wildman–Crippen LogP) is 2.54. The van der Waals surface area contributed by atoms with Crippen LogP contribution in [0, 0.1) is 5.92 Å². The van der Waals surface area contributed by atoms with Crippen molar-refractivity contribution in [2.75, 3.05) is 5.75 Å². The number of alkyl halides is 3. The first-order valence-corrected chi connectivity index (χ1v) is 5.37. The first-order chi connectivity index (χ1) is 6.41. The summed E-state index contributed by atoms with van der Waals surface area (Å²) in [5.74, 6) is -3.11. The Labute approximate surface area is 83.9 Å². The molecule has 2 atom stereocenters. The van der Waals surface area contributed by atoms with Gasteiger partial charge in [-0.15, -0.1) is 0 Å². The van der Waals surface area contributed by atoms with Crippen LogP contribution in [0.3, 0.4) is 0 Å². The summed E-state index contributed by atoms with van der Waals surface area (Å²) in [7, 11) is 0. The van der Waals surface area contributed by atoms with Crippen LogP contribution in [0.1, 0.15) is 19.3 Å². The van der Waals surface area contributed by atoms with Crippen LogP contribution in [0.5, 0.6) is 0 Å². The summed E-state index contributed by atoms with van der Waals surface area (Å²) < 4.78 is 36.7. The quantitative estimate of drug-likeness (QED) is 0.806. The van der Waals surface area contributed by atoms with Crippen molar-refractivity contribution in [1.29, 1.82) is 0 Å². The van der Waals surface area contributed by atoms with E-state index in [1.165, 1.54) is 11.8 Å². The summed E-state index contributed by atoms with van der Waals surface area (Å²) in [6.07, 6.45) is -3.32. The van der Waals surface area contributed by atoms with Gasteiger partial charge >= 0.3 is 12.1 Å². The van der Waals surface area contributed by atoms with Crippen LogP contribution >= 0.6 is 11.8 Å². The molecule has 0 radical (unpaired) electrons. The number of carbonyl (C=O) groups is 1. The molecule has 1 N–H and O–H groups in total. The minimum absolute atomic E-state index is 0.141. The molecule has 82 valence electrons. The van der Waals surface area contributed by atoms with E-state index in [0.29, 0.717) is 6.42 Å². The van der Waals surface area contributed by atoms with E-state index in [4.69, 9.17) is 5.11 Å². The third kappa shape index (κ3) is 3.08. The minimum atomic E-state index is -4.62. The number of carboxylic acids is 1. The van der Waals surface area contributed by atoms with E-state index < -0.39 is 18.1 Å². The zero-order valence-corrected chi connectivity index (χ0v) is 8.20. The minimum Gasteiger partial charge on any atom is -0.481 e. The molecule has 1 aliphatic rings. The maximum Gasteiger partial charge on any atom is 0.402 e. The van der Waals surface area contributed by atoms with E-state index >= 15 is 0 Å². The molecule has 1 aliphatic heterocycles. The number of thioether (sulfide) groups is 1. The van der Waals surface area contributed by atoms with Gasteiger partial charge in [0.1, 0.15) is 0 Å². The summed E-state index contributed by atoms with van der Waals surface area (Å²) in [6, 6.07) is 0. The highest BCUT2D eigenvalue weighted by atomic mass is 32.2. The molecule has 1 saturated heterocycles. The van der Waals surface area contributed by atoms with Gasteiger partial charge in [-0.3, -0.25) is 4.79 Å². The Morgan fingerprint density at radius 1 is 1.57 bits per heavy atom. The molecule has 1 rings (SSSR count). The molecule has 0 amide bonds. The Bertz CT molecular complexity index is 211. The first-order valence-electron chi connectivity index (χ1n) is 4.32. The van der Waals surface area contributed by atoms with Crippen LogP contribution in [0.15, 0.2) is 0 Å². The van der Waals surface area contributed by atoms with Gasteiger partial charge in [0.2, 0.25) is 0 Å². The zero-order valence-electron chi connectivity index (χ0n) is 7.38. The SMILES string of the molecule is O=C(O)[C@@H](C[C@@H]1CCCS1)C(F)(F)F. The van der Waals surface area contributed by atoms with E-state index in [1.807, 2.05) is 0 Å². The third-order valence-electron chi connectivity index (χ3n) is 2.22. The molecule has 0 aromatic heterocycles. The molecule has 0 aromatic rings. The highest BCUT2D eigenvalue weighted by Crippen LogP contribution is 2.37. The lowest BCUT2D eigenvalue weighted by Gasteiger charge is -2.18. The molecular formula is C8H11F3O2S. The number of aliphatic carboxylic acids is 1. The summed E-state index contributed by atoms with van der Waals surface area (Å²) in [4.78, 5) is 10.4. The van der Waals surface area contributed by atoms with Gasteiger partial charge in [0.05, 0.1) is 0 Å². The molecular weight excluding hydrogens is 217 g/mol. The van der Waals surface area contributed by atoms with Crippen molar-refractivity contribution in [1.82, 2.24) is 0 Å². The molecule has 2 nitrogen and oxygen atoms in total. The van der Waals surface area contributed by atoms with Gasteiger partial charge in [0.25, 0.3) is 0 Å². The van der Waals surface area contributed by atoms with Gasteiger partial charge in [-0.05, 0) is 25.0 Å². The van der Waals surface area contributed by atoms with Gasteiger partial charge in [-0.1, -0.05) is 0 Å². The summed E-state index contributed by atoms with van der Waals surface area (Å²) in [5, 5.41) is 8.30. The monoisotopic (exact) mass is 228 g/mol. The molecule has 6 heteroatoms. The Morgan fingerprint density at radius 3 is 2.57 bits per heavy atom. The lowest BCUT2D eigenvalue weighted by Crippen LogP contribution is -2.32. The van der Waals surface area contributed by atoms with E-state index in [-0.39, 0.29) is 11.7 Å². The molecule has 0 aliphatic carbocycles. The highest BCUT2D eigenvalue weighted by Gasteiger charge is 2.46. The van der Waals surface area contributed by atoms with Crippen molar-refractivity contribution in [2.24, 2.45) is 5.92 Å². The number of rotatable bonds is 3. The molecule has 0 saturated carbocycles. The van der Waals surface area contributed by atoms with E-state index in [0.717, 1.165) is 12.2 Å². The van der Waals surface area contributed by atoms with E-state index in [9.17, 15) is 18.0 Å². The number of carboxylic acid groups (broad SMARTS) is 1. The number of halogens is 3. The Kier molecular flexibility index (Phi) is 3.69. The topological polar surface area (TPSA) is 37.3 Å².